The minimum atomic E-state index is -1.10. The highest BCUT2D eigenvalue weighted by Gasteiger charge is 2.67. The highest BCUT2D eigenvalue weighted by molar-refractivity contribution is 5.95. The van der Waals surface area contributed by atoms with Gasteiger partial charge in [0.25, 0.3) is 0 Å². The number of aliphatic hydroxyl groups is 5. The van der Waals surface area contributed by atoms with Crippen LogP contribution in [0.1, 0.15) is 86.0 Å². The summed E-state index contributed by atoms with van der Waals surface area (Å²) in [4.78, 5) is 13.2. The van der Waals surface area contributed by atoms with E-state index in [1.165, 1.54) is 0 Å². The Morgan fingerprint density at radius 2 is 1.79 bits per heavy atom. The van der Waals surface area contributed by atoms with E-state index in [0.717, 1.165) is 24.8 Å². The lowest BCUT2D eigenvalue weighted by atomic mass is 9.46. The maximum atomic E-state index is 13.2. The Hall–Kier alpha value is -0.790. The van der Waals surface area contributed by atoms with Gasteiger partial charge in [-0.05, 0) is 100 Å². The minimum absolute atomic E-state index is 0.00888. The maximum absolute atomic E-state index is 13.2. The molecule has 0 aromatic carbocycles. The molecular formula is C27H44O6. The van der Waals surface area contributed by atoms with Crippen molar-refractivity contribution < 1.29 is 30.3 Å². The molecule has 5 N–H and O–H groups in total. The second-order valence-corrected chi connectivity index (χ2v) is 12.9. The fourth-order valence-corrected chi connectivity index (χ4v) is 8.29. The summed E-state index contributed by atoms with van der Waals surface area (Å²) >= 11 is 0. The summed E-state index contributed by atoms with van der Waals surface area (Å²) in [6.07, 6.45) is 4.06. The van der Waals surface area contributed by atoms with Crippen LogP contribution in [0.5, 0.6) is 0 Å². The third-order valence-corrected chi connectivity index (χ3v) is 10.5. The van der Waals surface area contributed by atoms with Crippen molar-refractivity contribution >= 4 is 5.78 Å². The monoisotopic (exact) mass is 464 g/mol. The molecule has 188 valence electrons. The molecule has 0 bridgehead atoms. The number of ketones is 1. The van der Waals surface area contributed by atoms with Crippen molar-refractivity contribution in [2.45, 2.75) is 115 Å². The highest BCUT2D eigenvalue weighted by atomic mass is 16.3. The van der Waals surface area contributed by atoms with E-state index in [0.29, 0.717) is 25.7 Å². The molecule has 6 nitrogen and oxygen atoms in total. The zero-order chi connectivity index (χ0) is 24.6. The van der Waals surface area contributed by atoms with Gasteiger partial charge in [-0.2, -0.15) is 0 Å². The summed E-state index contributed by atoms with van der Waals surface area (Å²) in [5.74, 6) is -0.264. The zero-order valence-corrected chi connectivity index (χ0v) is 20.9. The van der Waals surface area contributed by atoms with E-state index in [9.17, 15) is 30.3 Å². The fraction of sp³-hybridized carbons (Fsp3) is 0.889. The van der Waals surface area contributed by atoms with Crippen LogP contribution in [0.3, 0.4) is 0 Å². The predicted molar refractivity (Wildman–Crippen MR) is 125 cm³/mol. The van der Waals surface area contributed by atoms with Gasteiger partial charge in [0.1, 0.15) is 0 Å². The van der Waals surface area contributed by atoms with Crippen molar-refractivity contribution in [3.05, 3.63) is 11.6 Å². The first-order valence-corrected chi connectivity index (χ1v) is 12.9. The number of hydrogen-bond acceptors (Lipinski definition) is 6. The van der Waals surface area contributed by atoms with Crippen molar-refractivity contribution in [2.24, 2.45) is 34.5 Å². The molecule has 0 saturated heterocycles. The van der Waals surface area contributed by atoms with Gasteiger partial charge in [0.15, 0.2) is 5.78 Å². The van der Waals surface area contributed by atoms with E-state index in [1.807, 2.05) is 0 Å². The lowest BCUT2D eigenvalue weighted by molar-refractivity contribution is -0.154. The normalized spacial score (nSPS) is 47.3. The topological polar surface area (TPSA) is 118 Å². The summed E-state index contributed by atoms with van der Waals surface area (Å²) in [7, 11) is 0. The highest BCUT2D eigenvalue weighted by Crippen LogP contribution is 2.68. The van der Waals surface area contributed by atoms with E-state index in [2.05, 4.69) is 20.8 Å². The lowest BCUT2D eigenvalue weighted by Crippen LogP contribution is -2.61. The van der Waals surface area contributed by atoms with Crippen molar-refractivity contribution in [3.63, 3.8) is 0 Å². The molecule has 6 heteroatoms. The molecule has 4 aliphatic rings. The summed E-state index contributed by atoms with van der Waals surface area (Å²) in [5, 5.41) is 53.9. The van der Waals surface area contributed by atoms with Crippen LogP contribution >= 0.6 is 0 Å². The largest absolute Gasteiger partial charge is 0.393 e. The van der Waals surface area contributed by atoms with E-state index >= 15 is 0 Å². The molecule has 0 radical (unpaired) electrons. The Bertz CT molecular complexity index is 816. The van der Waals surface area contributed by atoms with Gasteiger partial charge in [0.05, 0.1) is 29.5 Å². The Morgan fingerprint density at radius 1 is 1.12 bits per heavy atom. The van der Waals surface area contributed by atoms with E-state index in [-0.39, 0.29) is 35.9 Å². The summed E-state index contributed by atoms with van der Waals surface area (Å²) in [6, 6.07) is 0. The molecular weight excluding hydrogens is 420 g/mol. The van der Waals surface area contributed by atoms with Crippen LogP contribution in [0, 0.1) is 34.5 Å². The van der Waals surface area contributed by atoms with Crippen molar-refractivity contribution in [2.75, 3.05) is 0 Å². The van der Waals surface area contributed by atoms with Gasteiger partial charge < -0.3 is 25.5 Å². The van der Waals surface area contributed by atoms with Gasteiger partial charge in [-0.3, -0.25) is 4.79 Å². The standard InChI is InChI=1S/C27H44O6/c1-15(20(28)8-9-24(2,3)32)16-7-11-27(33)18-12-21(29)19-13-22(30)23(31)14-25(19,4)17(18)6-10-26(16,27)5/h12,15-17,19-20,22-23,28,30-33H,6-11,13-14H2,1-5H3/t15-,16+,17-,19?,20-,22?,23-,25+,26+,27+/m0/s1. The number of carbonyl (C=O) groups excluding carboxylic acids is 1. The molecule has 4 aliphatic carbocycles. The summed E-state index contributed by atoms with van der Waals surface area (Å²) in [5.41, 5.74) is -2.01. The first kappa shape index (κ1) is 25.3. The minimum Gasteiger partial charge on any atom is -0.393 e. The summed E-state index contributed by atoms with van der Waals surface area (Å²) < 4.78 is 0. The van der Waals surface area contributed by atoms with Crippen LogP contribution in [0.4, 0.5) is 0 Å². The van der Waals surface area contributed by atoms with E-state index < -0.39 is 40.3 Å². The molecule has 3 fully saturated rings. The van der Waals surface area contributed by atoms with Crippen molar-refractivity contribution in [3.8, 4) is 0 Å². The number of rotatable bonds is 5. The van der Waals surface area contributed by atoms with Crippen LogP contribution in [0.15, 0.2) is 11.6 Å². The second kappa shape index (κ2) is 8.12. The second-order valence-electron chi connectivity index (χ2n) is 12.9. The SMILES string of the molecule is C[C@@H]([C@H]1CC[C@@]2(O)C3=CC(=O)C4CC(O)[C@@H](O)C[C@]4(C)[C@H]3CC[C@]12C)[C@@H](O)CCC(C)(C)O. The summed E-state index contributed by atoms with van der Waals surface area (Å²) in [6.45, 7) is 9.74. The molecule has 0 aliphatic heterocycles. The van der Waals surface area contributed by atoms with Crippen LogP contribution in [-0.4, -0.2) is 60.8 Å². The molecule has 2 unspecified atom stereocenters. The molecule has 0 spiro atoms. The molecule has 0 amide bonds. The molecule has 33 heavy (non-hydrogen) atoms. The average molecular weight is 465 g/mol. The molecule has 0 aromatic rings. The van der Waals surface area contributed by atoms with Gasteiger partial charge in [0.2, 0.25) is 0 Å². The molecule has 4 rings (SSSR count). The number of hydrogen-bond donors (Lipinski definition) is 5. The zero-order valence-electron chi connectivity index (χ0n) is 20.9. The first-order chi connectivity index (χ1) is 15.1. The van der Waals surface area contributed by atoms with Gasteiger partial charge >= 0.3 is 0 Å². The molecule has 3 saturated carbocycles. The number of aliphatic hydroxyl groups excluding tert-OH is 3. The number of fused-ring (bicyclic) bond motifs is 5. The van der Waals surface area contributed by atoms with Gasteiger partial charge in [0, 0.05) is 11.3 Å². The third kappa shape index (κ3) is 3.85. The third-order valence-electron chi connectivity index (χ3n) is 10.5. The van der Waals surface area contributed by atoms with Crippen LogP contribution in [0.2, 0.25) is 0 Å². The van der Waals surface area contributed by atoms with Crippen LogP contribution in [-0.2, 0) is 4.79 Å². The Balaban J connectivity index is 1.62. The number of allylic oxidation sites excluding steroid dienone is 1. The van der Waals surface area contributed by atoms with Crippen LogP contribution < -0.4 is 0 Å². The van der Waals surface area contributed by atoms with Crippen molar-refractivity contribution in [1.82, 2.24) is 0 Å². The van der Waals surface area contributed by atoms with Gasteiger partial charge in [-0.1, -0.05) is 20.8 Å². The molecule has 0 aromatic heterocycles. The van der Waals surface area contributed by atoms with Gasteiger partial charge in [-0.15, -0.1) is 0 Å². The lowest BCUT2D eigenvalue weighted by Gasteiger charge is -2.60. The van der Waals surface area contributed by atoms with Crippen molar-refractivity contribution in [1.29, 1.82) is 0 Å². The molecule has 0 heterocycles. The van der Waals surface area contributed by atoms with Crippen LogP contribution in [0.25, 0.3) is 0 Å². The Morgan fingerprint density at radius 3 is 2.42 bits per heavy atom. The average Bonchev–Trinajstić information content (AvgIpc) is 2.99. The fourth-order valence-electron chi connectivity index (χ4n) is 8.29. The number of carbonyl (C=O) groups is 1. The van der Waals surface area contributed by atoms with E-state index in [4.69, 9.17) is 0 Å². The maximum Gasteiger partial charge on any atom is 0.159 e. The smallest absolute Gasteiger partial charge is 0.159 e. The quantitative estimate of drug-likeness (QED) is 0.427. The van der Waals surface area contributed by atoms with Gasteiger partial charge in [-0.25, -0.2) is 0 Å². The predicted octanol–water partition coefficient (Wildman–Crippen LogP) is 2.74. The van der Waals surface area contributed by atoms with E-state index in [1.54, 1.807) is 19.9 Å². The Kier molecular flexibility index (Phi) is 6.23. The Labute approximate surface area is 198 Å². The molecule has 10 atom stereocenters. The first-order valence-electron chi connectivity index (χ1n) is 12.9.